The number of nitrogens with one attached hydrogen (secondary N) is 2. The van der Waals surface area contributed by atoms with E-state index in [1.807, 2.05) is 53.9 Å². The van der Waals surface area contributed by atoms with Crippen LogP contribution in [0.3, 0.4) is 0 Å². The van der Waals surface area contributed by atoms with E-state index in [4.69, 9.17) is 19.7 Å². The molecule has 3 aromatic heterocycles. The molecular formula is C27H30FN9O. The molecule has 5 heterocycles. The smallest absolute Gasteiger partial charge is 0.239 e. The SMILES string of the molecule is CNc1nc2ccccc2n1-c1nc(C2=C(C)N(c3cncc(F)c3)NC2C)cc(N2CCOC[C@H]2C)n1. The van der Waals surface area contributed by atoms with E-state index in [1.165, 1.54) is 12.3 Å². The summed E-state index contributed by atoms with van der Waals surface area (Å²) in [6, 6.07) is 11.5. The fraction of sp³-hybridized carbons (Fsp3) is 0.333. The maximum atomic E-state index is 14.0. The summed E-state index contributed by atoms with van der Waals surface area (Å²) in [5, 5.41) is 5.06. The summed E-state index contributed by atoms with van der Waals surface area (Å²) in [5.74, 6) is 1.60. The number of hydrogen-bond acceptors (Lipinski definition) is 9. The summed E-state index contributed by atoms with van der Waals surface area (Å²) in [7, 11) is 1.84. The number of pyridine rings is 1. The van der Waals surface area contributed by atoms with Crippen molar-refractivity contribution in [2.24, 2.45) is 0 Å². The van der Waals surface area contributed by atoms with E-state index in [2.05, 4.69) is 34.5 Å². The summed E-state index contributed by atoms with van der Waals surface area (Å²) in [4.78, 5) is 21.2. The summed E-state index contributed by atoms with van der Waals surface area (Å²) in [6.45, 7) is 8.19. The Kier molecular flexibility index (Phi) is 6.16. The third-order valence-electron chi connectivity index (χ3n) is 7.05. The highest BCUT2D eigenvalue weighted by Gasteiger charge is 2.31. The predicted octanol–water partition coefficient (Wildman–Crippen LogP) is 3.76. The molecule has 1 unspecified atom stereocenters. The first kappa shape index (κ1) is 24.3. The van der Waals surface area contributed by atoms with Crippen LogP contribution in [0.1, 0.15) is 26.5 Å². The molecular weight excluding hydrogens is 485 g/mol. The van der Waals surface area contributed by atoms with Crippen LogP contribution in [0.4, 0.5) is 21.8 Å². The van der Waals surface area contributed by atoms with Gasteiger partial charge in [-0.05, 0) is 32.9 Å². The van der Waals surface area contributed by atoms with Crippen molar-refractivity contribution in [2.75, 3.05) is 42.0 Å². The second kappa shape index (κ2) is 9.66. The number of fused-ring (bicyclic) bond motifs is 1. The van der Waals surface area contributed by atoms with Gasteiger partial charge in [-0.25, -0.2) is 24.4 Å². The van der Waals surface area contributed by atoms with Crippen molar-refractivity contribution in [3.8, 4) is 5.95 Å². The Morgan fingerprint density at radius 2 is 1.95 bits per heavy atom. The second-order valence-electron chi connectivity index (χ2n) is 9.58. The van der Waals surface area contributed by atoms with Crippen molar-refractivity contribution in [3.05, 3.63) is 66.0 Å². The van der Waals surface area contributed by atoms with Crippen LogP contribution >= 0.6 is 0 Å². The molecule has 2 atom stereocenters. The summed E-state index contributed by atoms with van der Waals surface area (Å²) < 4.78 is 21.6. The van der Waals surface area contributed by atoms with Crippen molar-refractivity contribution in [3.63, 3.8) is 0 Å². The number of hydrogen-bond donors (Lipinski definition) is 2. The van der Waals surface area contributed by atoms with Crippen molar-refractivity contribution in [1.82, 2.24) is 29.9 Å². The highest BCUT2D eigenvalue weighted by molar-refractivity contribution is 5.82. The number of aromatic nitrogens is 5. The van der Waals surface area contributed by atoms with Gasteiger partial charge in [0.2, 0.25) is 11.9 Å². The van der Waals surface area contributed by atoms with Gasteiger partial charge in [0.15, 0.2) is 0 Å². The Balaban J connectivity index is 1.54. The largest absolute Gasteiger partial charge is 0.377 e. The Hall–Kier alpha value is -4.09. The van der Waals surface area contributed by atoms with Gasteiger partial charge in [0.1, 0.15) is 11.6 Å². The molecule has 11 heteroatoms. The second-order valence-corrected chi connectivity index (χ2v) is 9.58. The highest BCUT2D eigenvalue weighted by atomic mass is 19.1. The lowest BCUT2D eigenvalue weighted by atomic mass is 10.0. The Morgan fingerprint density at radius 3 is 2.74 bits per heavy atom. The monoisotopic (exact) mass is 515 g/mol. The maximum absolute atomic E-state index is 14.0. The number of morpholine rings is 1. The zero-order valence-electron chi connectivity index (χ0n) is 21.8. The molecule has 1 fully saturated rings. The average molecular weight is 516 g/mol. The van der Waals surface area contributed by atoms with Crippen molar-refractivity contribution in [2.45, 2.75) is 32.9 Å². The van der Waals surface area contributed by atoms with Gasteiger partial charge in [-0.15, -0.1) is 0 Å². The van der Waals surface area contributed by atoms with Crippen molar-refractivity contribution in [1.29, 1.82) is 0 Å². The molecule has 0 radical (unpaired) electrons. The summed E-state index contributed by atoms with van der Waals surface area (Å²) in [5.41, 5.74) is 8.52. The van der Waals surface area contributed by atoms with Crippen LogP contribution in [0.2, 0.25) is 0 Å². The molecule has 10 nitrogen and oxygen atoms in total. The molecule has 38 heavy (non-hydrogen) atoms. The molecule has 2 aliphatic rings. The van der Waals surface area contributed by atoms with Gasteiger partial charge in [0.05, 0.1) is 60.1 Å². The van der Waals surface area contributed by atoms with Gasteiger partial charge in [-0.2, -0.15) is 4.98 Å². The lowest BCUT2D eigenvalue weighted by molar-refractivity contribution is 0.0985. The summed E-state index contributed by atoms with van der Waals surface area (Å²) in [6.07, 6.45) is 2.84. The number of benzene rings is 1. The molecule has 6 rings (SSSR count). The first-order valence-electron chi connectivity index (χ1n) is 12.7. The molecule has 1 aromatic carbocycles. The molecule has 2 N–H and O–H groups in total. The van der Waals surface area contributed by atoms with E-state index in [1.54, 1.807) is 6.20 Å². The van der Waals surface area contributed by atoms with Gasteiger partial charge >= 0.3 is 0 Å². The Labute approximate surface area is 220 Å². The van der Waals surface area contributed by atoms with E-state index < -0.39 is 5.82 Å². The number of halogens is 1. The standard InChI is InChI=1S/C27H30FN9O/c1-16-15-38-10-9-35(16)24-12-22(25-17(2)34-37(18(25)3)20-11-19(28)13-30-14-20)32-27(33-24)36-23-8-6-5-7-21(23)31-26(36)29-4/h5-8,11-14,16-17,34H,9-10,15H2,1-4H3,(H,29,31)/t16-,17?/m1/s1. The number of hydrazine groups is 1. The third-order valence-corrected chi connectivity index (χ3v) is 7.05. The minimum absolute atomic E-state index is 0.0840. The summed E-state index contributed by atoms with van der Waals surface area (Å²) >= 11 is 0. The van der Waals surface area contributed by atoms with Gasteiger partial charge in [0.25, 0.3) is 0 Å². The third kappa shape index (κ3) is 4.13. The number of rotatable bonds is 5. The lowest BCUT2D eigenvalue weighted by Gasteiger charge is -2.34. The van der Waals surface area contributed by atoms with E-state index in [9.17, 15) is 4.39 Å². The minimum Gasteiger partial charge on any atom is -0.377 e. The van der Waals surface area contributed by atoms with E-state index in [-0.39, 0.29) is 12.1 Å². The molecule has 1 saturated heterocycles. The van der Waals surface area contributed by atoms with Crippen LogP contribution in [0.5, 0.6) is 0 Å². The molecule has 0 saturated carbocycles. The van der Waals surface area contributed by atoms with Crippen LogP contribution in [-0.4, -0.2) is 63.4 Å². The van der Waals surface area contributed by atoms with Crippen LogP contribution in [0.15, 0.2) is 54.5 Å². The van der Waals surface area contributed by atoms with Crippen LogP contribution in [0.25, 0.3) is 22.6 Å². The Morgan fingerprint density at radius 1 is 1.11 bits per heavy atom. The molecule has 0 aliphatic carbocycles. The van der Waals surface area contributed by atoms with Crippen molar-refractivity contribution < 1.29 is 9.13 Å². The number of ether oxygens (including phenoxy) is 1. The zero-order chi connectivity index (χ0) is 26.4. The van der Waals surface area contributed by atoms with Gasteiger partial charge in [0, 0.05) is 37.0 Å². The number of anilines is 3. The van der Waals surface area contributed by atoms with E-state index in [0.717, 1.165) is 40.4 Å². The number of imidazole rings is 1. The van der Waals surface area contributed by atoms with Crippen LogP contribution in [-0.2, 0) is 4.74 Å². The topological polar surface area (TPSA) is 96.3 Å². The zero-order valence-corrected chi connectivity index (χ0v) is 21.8. The predicted molar refractivity (Wildman–Crippen MR) is 146 cm³/mol. The van der Waals surface area contributed by atoms with Crippen LogP contribution in [0, 0.1) is 5.82 Å². The molecule has 2 aliphatic heterocycles. The highest BCUT2D eigenvalue weighted by Crippen LogP contribution is 2.34. The van der Waals surface area contributed by atoms with E-state index in [0.29, 0.717) is 30.8 Å². The first-order chi connectivity index (χ1) is 18.4. The Bertz CT molecular complexity index is 1530. The lowest BCUT2D eigenvalue weighted by Crippen LogP contribution is -2.44. The number of allylic oxidation sites excluding steroid dienone is 1. The number of nitrogens with zero attached hydrogens (tertiary/aromatic N) is 7. The first-order valence-corrected chi connectivity index (χ1v) is 12.7. The fourth-order valence-electron chi connectivity index (χ4n) is 5.26. The normalized spacial score (nSPS) is 20.0. The van der Waals surface area contributed by atoms with Gasteiger partial charge < -0.3 is 15.0 Å². The molecule has 0 amide bonds. The van der Waals surface area contributed by atoms with Crippen LogP contribution < -0.4 is 20.7 Å². The molecule has 4 aromatic rings. The number of para-hydroxylation sites is 2. The molecule has 0 spiro atoms. The molecule has 0 bridgehead atoms. The van der Waals surface area contributed by atoms with Gasteiger partial charge in [-0.3, -0.25) is 9.99 Å². The average Bonchev–Trinajstić information content (AvgIpc) is 3.45. The quantitative estimate of drug-likeness (QED) is 0.412. The van der Waals surface area contributed by atoms with Crippen molar-refractivity contribution >= 4 is 34.1 Å². The van der Waals surface area contributed by atoms with E-state index >= 15 is 0 Å². The minimum atomic E-state index is -0.391. The molecule has 196 valence electrons. The van der Waals surface area contributed by atoms with Gasteiger partial charge in [-0.1, -0.05) is 12.1 Å². The fourth-order valence-corrected chi connectivity index (χ4v) is 5.26. The maximum Gasteiger partial charge on any atom is 0.239 e.